The number of amides is 1. The van der Waals surface area contributed by atoms with Gasteiger partial charge in [0.15, 0.2) is 6.61 Å². The van der Waals surface area contributed by atoms with E-state index in [1.165, 1.54) is 0 Å². The highest BCUT2D eigenvalue weighted by Gasteiger charge is 2.63. The van der Waals surface area contributed by atoms with Crippen molar-refractivity contribution < 1.29 is 27.8 Å². The van der Waals surface area contributed by atoms with Crippen molar-refractivity contribution in [2.24, 2.45) is 5.10 Å². The van der Waals surface area contributed by atoms with E-state index in [4.69, 9.17) is 4.74 Å². The van der Waals surface area contributed by atoms with Crippen LogP contribution in [-0.2, 0) is 4.79 Å². The van der Waals surface area contributed by atoms with Crippen molar-refractivity contribution in [3.8, 4) is 5.75 Å². The number of carbonyl (C=O) groups excluding carboxylic acids is 1. The number of hydrazone groups is 1. The summed E-state index contributed by atoms with van der Waals surface area (Å²) in [6.45, 7) is 1.06. The lowest BCUT2D eigenvalue weighted by Crippen LogP contribution is -2.57. The molecule has 0 aromatic heterocycles. The number of ether oxygens (including phenoxy) is 1. The molecule has 2 aromatic carbocycles. The van der Waals surface area contributed by atoms with Crippen LogP contribution in [0.4, 0.5) is 13.2 Å². The first-order valence-electron chi connectivity index (χ1n) is 8.16. The predicted octanol–water partition coefficient (Wildman–Crippen LogP) is 3.26. The highest BCUT2D eigenvalue weighted by molar-refractivity contribution is 6.03. The van der Waals surface area contributed by atoms with E-state index in [1.807, 2.05) is 0 Å². The van der Waals surface area contributed by atoms with Gasteiger partial charge >= 0.3 is 6.18 Å². The summed E-state index contributed by atoms with van der Waals surface area (Å²) in [5.74, 6) is -0.725. The molecule has 1 heterocycles. The maximum atomic E-state index is 13.5. The molecule has 0 unspecified atom stereocenters. The summed E-state index contributed by atoms with van der Waals surface area (Å²) >= 11 is 0. The fraction of sp³-hybridized carbons (Fsp3) is 0.263. The summed E-state index contributed by atoms with van der Waals surface area (Å²) < 4.78 is 45.9. The van der Waals surface area contributed by atoms with Gasteiger partial charge in [-0.15, -0.1) is 0 Å². The van der Waals surface area contributed by atoms with Crippen LogP contribution in [0.15, 0.2) is 59.7 Å². The van der Waals surface area contributed by atoms with E-state index >= 15 is 0 Å². The van der Waals surface area contributed by atoms with Gasteiger partial charge in [0.05, 0.1) is 12.1 Å². The van der Waals surface area contributed by atoms with Crippen molar-refractivity contribution in [2.75, 3.05) is 6.61 Å². The second kappa shape index (κ2) is 7.03. The molecule has 0 saturated heterocycles. The predicted molar refractivity (Wildman–Crippen MR) is 92.1 cm³/mol. The maximum absolute atomic E-state index is 13.5. The van der Waals surface area contributed by atoms with Crippen LogP contribution < -0.4 is 4.74 Å². The molecule has 2 aromatic rings. The normalized spacial score (nSPS) is 19.7. The number of benzene rings is 2. The smallest absolute Gasteiger partial charge is 0.438 e. The summed E-state index contributed by atoms with van der Waals surface area (Å²) in [6.07, 6.45) is -5.93. The van der Waals surface area contributed by atoms with Gasteiger partial charge in [-0.05, 0) is 24.1 Å². The van der Waals surface area contributed by atoms with Crippen LogP contribution in [0.25, 0.3) is 0 Å². The van der Waals surface area contributed by atoms with E-state index in [0.29, 0.717) is 11.3 Å². The number of nitrogens with zero attached hydrogens (tertiary/aromatic N) is 2. The molecule has 1 atom stereocenters. The number of halogens is 3. The summed E-state index contributed by atoms with van der Waals surface area (Å²) in [6, 6.07) is 14.9. The maximum Gasteiger partial charge on any atom is 0.438 e. The van der Waals surface area contributed by atoms with Crippen molar-refractivity contribution >= 4 is 11.6 Å². The van der Waals surface area contributed by atoms with Crippen LogP contribution in [0.1, 0.15) is 17.5 Å². The number of aryl methyl sites for hydroxylation is 1. The number of alkyl halides is 3. The number of rotatable bonds is 4. The molecule has 142 valence electrons. The Bertz CT molecular complexity index is 868. The van der Waals surface area contributed by atoms with Gasteiger partial charge < -0.3 is 9.84 Å². The number of carbonyl (C=O) groups is 1. The van der Waals surface area contributed by atoms with E-state index in [2.05, 4.69) is 5.10 Å². The third-order valence-corrected chi connectivity index (χ3v) is 4.23. The van der Waals surface area contributed by atoms with Gasteiger partial charge in [0.25, 0.3) is 11.6 Å². The molecule has 1 aliphatic heterocycles. The van der Waals surface area contributed by atoms with Gasteiger partial charge in [0, 0.05) is 0 Å². The summed E-state index contributed by atoms with van der Waals surface area (Å²) in [5, 5.41) is 14.1. The topological polar surface area (TPSA) is 62.1 Å². The van der Waals surface area contributed by atoms with E-state index in [0.717, 1.165) is 5.56 Å². The molecule has 3 rings (SSSR count). The molecule has 1 N–H and O–H groups in total. The number of hydrogen-bond donors (Lipinski definition) is 1. The highest BCUT2D eigenvalue weighted by atomic mass is 19.4. The zero-order chi connectivity index (χ0) is 19.7. The van der Waals surface area contributed by atoms with Crippen LogP contribution in [-0.4, -0.2) is 40.2 Å². The first-order valence-corrected chi connectivity index (χ1v) is 8.16. The molecule has 1 aliphatic rings. The molecule has 27 heavy (non-hydrogen) atoms. The Kier molecular flexibility index (Phi) is 4.93. The lowest BCUT2D eigenvalue weighted by Gasteiger charge is -2.32. The molecule has 5 nitrogen and oxygen atoms in total. The lowest BCUT2D eigenvalue weighted by molar-refractivity contribution is -0.302. The average Bonchev–Trinajstić information content (AvgIpc) is 3.01. The first kappa shape index (κ1) is 18.9. The van der Waals surface area contributed by atoms with Gasteiger partial charge in [-0.3, -0.25) is 4.79 Å². The first-order chi connectivity index (χ1) is 12.7. The van der Waals surface area contributed by atoms with Crippen LogP contribution in [0.2, 0.25) is 0 Å². The monoisotopic (exact) mass is 378 g/mol. The van der Waals surface area contributed by atoms with Gasteiger partial charge in [-0.25, -0.2) is 0 Å². The highest BCUT2D eigenvalue weighted by Crippen LogP contribution is 2.41. The van der Waals surface area contributed by atoms with Crippen molar-refractivity contribution in [3.05, 3.63) is 65.7 Å². The minimum absolute atomic E-state index is 0.0281. The minimum Gasteiger partial charge on any atom is -0.483 e. The molecule has 0 saturated carbocycles. The Balaban J connectivity index is 1.85. The largest absolute Gasteiger partial charge is 0.483 e. The summed E-state index contributed by atoms with van der Waals surface area (Å²) in [4.78, 5) is 12.4. The lowest BCUT2D eigenvalue weighted by atomic mass is 10.0. The molecule has 0 radical (unpaired) electrons. The molecular formula is C19H17F3N2O3. The SMILES string of the molecule is Cc1ccccc1OCC(=O)N1N=C(c2ccccc2)C[C@]1(O)C(F)(F)F. The standard InChI is InChI=1S/C19H17F3N2O3/c1-13-7-5-6-10-16(13)27-12-17(25)24-18(26,19(20,21)22)11-15(23-24)14-8-3-2-4-9-14/h2-10,26H,11-12H2,1H3/t18-/m0/s1. The van der Waals surface area contributed by atoms with E-state index in [9.17, 15) is 23.1 Å². The van der Waals surface area contributed by atoms with Crippen LogP contribution in [0, 0.1) is 6.92 Å². The Morgan fingerprint density at radius 3 is 2.44 bits per heavy atom. The van der Waals surface area contributed by atoms with Gasteiger partial charge in [0.2, 0.25) is 0 Å². The second-order valence-corrected chi connectivity index (χ2v) is 6.16. The quantitative estimate of drug-likeness (QED) is 0.888. The van der Waals surface area contributed by atoms with Crippen molar-refractivity contribution in [1.82, 2.24) is 5.01 Å². The number of hydrogen-bond acceptors (Lipinski definition) is 4. The Morgan fingerprint density at radius 1 is 1.19 bits per heavy atom. The van der Waals surface area contributed by atoms with Crippen molar-refractivity contribution in [3.63, 3.8) is 0 Å². The zero-order valence-electron chi connectivity index (χ0n) is 14.4. The average molecular weight is 378 g/mol. The van der Waals surface area contributed by atoms with Crippen molar-refractivity contribution in [1.29, 1.82) is 0 Å². The molecule has 1 amide bonds. The number of para-hydroxylation sites is 1. The fourth-order valence-electron chi connectivity index (χ4n) is 2.74. The fourth-order valence-corrected chi connectivity index (χ4v) is 2.74. The summed E-state index contributed by atoms with van der Waals surface area (Å²) in [5.41, 5.74) is -2.31. The van der Waals surface area contributed by atoms with Crippen LogP contribution in [0.3, 0.4) is 0 Å². The number of aliphatic hydroxyl groups is 1. The summed E-state index contributed by atoms with van der Waals surface area (Å²) in [7, 11) is 0. The minimum atomic E-state index is -5.08. The van der Waals surface area contributed by atoms with Gasteiger partial charge in [-0.2, -0.15) is 23.3 Å². The Morgan fingerprint density at radius 2 is 1.81 bits per heavy atom. The zero-order valence-corrected chi connectivity index (χ0v) is 14.4. The van der Waals surface area contributed by atoms with Crippen molar-refractivity contribution in [2.45, 2.75) is 25.2 Å². The molecule has 0 aliphatic carbocycles. The van der Waals surface area contributed by atoms with E-state index in [1.54, 1.807) is 61.5 Å². The van der Waals surface area contributed by atoms with Gasteiger partial charge in [-0.1, -0.05) is 48.5 Å². The van der Waals surface area contributed by atoms with E-state index < -0.39 is 30.8 Å². The Hall–Kier alpha value is -2.87. The molecule has 0 spiro atoms. The van der Waals surface area contributed by atoms with Gasteiger partial charge in [0.1, 0.15) is 5.75 Å². The Labute approximate surface area is 153 Å². The molecular weight excluding hydrogens is 361 g/mol. The molecule has 0 bridgehead atoms. The third-order valence-electron chi connectivity index (χ3n) is 4.23. The molecule has 8 heteroatoms. The second-order valence-electron chi connectivity index (χ2n) is 6.16. The van der Waals surface area contributed by atoms with E-state index in [-0.39, 0.29) is 10.7 Å². The van der Waals surface area contributed by atoms with Crippen LogP contribution >= 0.6 is 0 Å². The van der Waals surface area contributed by atoms with Crippen LogP contribution in [0.5, 0.6) is 5.75 Å². The molecule has 0 fully saturated rings. The third kappa shape index (κ3) is 3.66.